The van der Waals surface area contributed by atoms with Crippen LogP contribution in [-0.4, -0.2) is 28.2 Å². The number of halogens is 1. The van der Waals surface area contributed by atoms with Crippen molar-refractivity contribution < 1.29 is 9.59 Å². The van der Waals surface area contributed by atoms with E-state index < -0.39 is 12.1 Å². The van der Waals surface area contributed by atoms with Crippen molar-refractivity contribution in [2.75, 3.05) is 10.6 Å². The summed E-state index contributed by atoms with van der Waals surface area (Å²) < 4.78 is 0.973. The minimum Gasteiger partial charge on any atom is -0.326 e. The summed E-state index contributed by atoms with van der Waals surface area (Å²) in [5.74, 6) is -0.396. The minimum absolute atomic E-state index is 0.0700. The number of benzene rings is 2. The largest absolute Gasteiger partial charge is 0.326 e. The average molecular weight is 516 g/mol. The van der Waals surface area contributed by atoms with Crippen LogP contribution in [0.3, 0.4) is 0 Å². The van der Waals surface area contributed by atoms with Gasteiger partial charge in [-0.3, -0.25) is 10.1 Å². The van der Waals surface area contributed by atoms with Crippen LogP contribution in [0, 0.1) is 19.8 Å². The third kappa shape index (κ3) is 6.14. The summed E-state index contributed by atoms with van der Waals surface area (Å²) in [5.41, 5.74) is 3.82. The maximum absolute atomic E-state index is 13.0. The maximum atomic E-state index is 13.0. The molecule has 9 heteroatoms. The molecule has 32 heavy (non-hydrogen) atoms. The summed E-state index contributed by atoms with van der Waals surface area (Å²) in [5, 5.41) is 17.7. The van der Waals surface area contributed by atoms with Gasteiger partial charge in [0.1, 0.15) is 11.0 Å². The molecule has 0 fully saturated rings. The van der Waals surface area contributed by atoms with Crippen molar-refractivity contribution in [3.8, 4) is 10.6 Å². The number of aryl methyl sites for hydroxylation is 2. The smallest absolute Gasteiger partial charge is 0.319 e. The minimum atomic E-state index is -0.716. The molecule has 1 aromatic heterocycles. The SMILES string of the molecule is CC[C@H](C)[C@@H](NC(=O)Nc1ccc(C)c(C)c1)C(=O)Nc1nnc(-c2ccc(Br)cc2)s1. The van der Waals surface area contributed by atoms with Crippen LogP contribution in [0.5, 0.6) is 0 Å². The van der Waals surface area contributed by atoms with E-state index in [1.165, 1.54) is 11.3 Å². The highest BCUT2D eigenvalue weighted by atomic mass is 79.9. The van der Waals surface area contributed by atoms with Crippen LogP contribution in [0.25, 0.3) is 10.6 Å². The van der Waals surface area contributed by atoms with Crippen LogP contribution in [-0.2, 0) is 4.79 Å². The molecule has 3 N–H and O–H groups in total. The molecule has 7 nitrogen and oxygen atoms in total. The van der Waals surface area contributed by atoms with Crippen molar-refractivity contribution >= 4 is 50.0 Å². The Labute approximate surface area is 200 Å². The van der Waals surface area contributed by atoms with Crippen molar-refractivity contribution in [3.63, 3.8) is 0 Å². The molecule has 0 saturated carbocycles. The fourth-order valence-electron chi connectivity index (χ4n) is 3.00. The normalized spacial score (nSPS) is 12.7. The number of urea groups is 1. The van der Waals surface area contributed by atoms with E-state index in [0.717, 1.165) is 27.6 Å². The number of anilines is 2. The quantitative estimate of drug-likeness (QED) is 0.372. The summed E-state index contributed by atoms with van der Waals surface area (Å²) in [6.45, 7) is 7.90. The number of hydrogen-bond acceptors (Lipinski definition) is 5. The van der Waals surface area contributed by atoms with Gasteiger partial charge in [-0.1, -0.05) is 65.7 Å². The van der Waals surface area contributed by atoms with Gasteiger partial charge >= 0.3 is 6.03 Å². The Morgan fingerprint density at radius 2 is 1.75 bits per heavy atom. The van der Waals surface area contributed by atoms with E-state index in [2.05, 4.69) is 42.1 Å². The summed E-state index contributed by atoms with van der Waals surface area (Å²) in [6, 6.07) is 12.2. The Kier molecular flexibility index (Phi) is 7.98. The average Bonchev–Trinajstić information content (AvgIpc) is 3.23. The van der Waals surface area contributed by atoms with Gasteiger partial charge in [0.05, 0.1) is 0 Å². The summed E-state index contributed by atoms with van der Waals surface area (Å²) in [4.78, 5) is 25.6. The lowest BCUT2D eigenvalue weighted by molar-refractivity contribution is -0.119. The van der Waals surface area contributed by atoms with Crippen LogP contribution >= 0.6 is 27.3 Å². The van der Waals surface area contributed by atoms with Crippen molar-refractivity contribution in [2.24, 2.45) is 5.92 Å². The molecule has 3 amide bonds. The number of rotatable bonds is 7. The van der Waals surface area contributed by atoms with Crippen molar-refractivity contribution in [1.29, 1.82) is 0 Å². The highest BCUT2D eigenvalue weighted by molar-refractivity contribution is 9.10. The summed E-state index contributed by atoms with van der Waals surface area (Å²) in [7, 11) is 0. The van der Waals surface area contributed by atoms with E-state index in [1.54, 1.807) is 0 Å². The predicted molar refractivity (Wildman–Crippen MR) is 133 cm³/mol. The fraction of sp³-hybridized carbons (Fsp3) is 0.304. The van der Waals surface area contributed by atoms with Gasteiger partial charge in [-0.05, 0) is 55.2 Å². The van der Waals surface area contributed by atoms with Gasteiger partial charge in [-0.2, -0.15) is 0 Å². The molecule has 2 aromatic carbocycles. The van der Waals surface area contributed by atoms with Gasteiger partial charge in [0.2, 0.25) is 11.0 Å². The Bertz CT molecular complexity index is 1100. The Hall–Kier alpha value is -2.78. The zero-order valence-electron chi connectivity index (χ0n) is 18.4. The number of carbonyl (C=O) groups excluding carboxylic acids is 2. The molecule has 3 rings (SSSR count). The lowest BCUT2D eigenvalue weighted by Crippen LogP contribution is -2.49. The molecule has 0 radical (unpaired) electrons. The second-order valence-corrected chi connectivity index (χ2v) is 9.56. The van der Waals surface area contributed by atoms with Crippen LogP contribution < -0.4 is 16.0 Å². The first kappa shape index (κ1) is 23.9. The molecule has 2 atom stereocenters. The van der Waals surface area contributed by atoms with Crippen LogP contribution in [0.15, 0.2) is 46.9 Å². The molecule has 168 valence electrons. The fourth-order valence-corrected chi connectivity index (χ4v) is 4.01. The summed E-state index contributed by atoms with van der Waals surface area (Å²) >= 11 is 4.69. The molecule has 1 heterocycles. The van der Waals surface area contributed by atoms with E-state index in [4.69, 9.17) is 0 Å². The van der Waals surface area contributed by atoms with Gasteiger partial charge in [-0.25, -0.2) is 4.79 Å². The van der Waals surface area contributed by atoms with Crippen LogP contribution in [0.1, 0.15) is 31.4 Å². The highest BCUT2D eigenvalue weighted by Crippen LogP contribution is 2.27. The second-order valence-electron chi connectivity index (χ2n) is 7.67. The van der Waals surface area contributed by atoms with Gasteiger partial charge in [-0.15, -0.1) is 10.2 Å². The third-order valence-corrected chi connectivity index (χ3v) is 6.71. The molecule has 0 spiro atoms. The Balaban J connectivity index is 1.67. The molecule has 0 aliphatic heterocycles. The van der Waals surface area contributed by atoms with E-state index >= 15 is 0 Å². The van der Waals surface area contributed by atoms with Crippen molar-refractivity contribution in [2.45, 2.75) is 40.2 Å². The molecular formula is C23H26BrN5O2S. The first-order chi connectivity index (χ1) is 15.3. The lowest BCUT2D eigenvalue weighted by atomic mass is 9.98. The van der Waals surface area contributed by atoms with E-state index in [9.17, 15) is 9.59 Å². The van der Waals surface area contributed by atoms with Crippen LogP contribution in [0.4, 0.5) is 15.6 Å². The number of nitrogens with one attached hydrogen (secondary N) is 3. The first-order valence-corrected chi connectivity index (χ1v) is 11.9. The predicted octanol–water partition coefficient (Wildman–Crippen LogP) is 5.76. The van der Waals surface area contributed by atoms with E-state index in [-0.39, 0.29) is 11.8 Å². The van der Waals surface area contributed by atoms with Gasteiger partial charge in [0, 0.05) is 15.7 Å². The zero-order chi connectivity index (χ0) is 23.3. The molecular weight excluding hydrogens is 490 g/mol. The molecule has 0 saturated heterocycles. The number of nitrogens with zero attached hydrogens (tertiary/aromatic N) is 2. The Morgan fingerprint density at radius 1 is 1.03 bits per heavy atom. The first-order valence-electron chi connectivity index (χ1n) is 10.3. The van der Waals surface area contributed by atoms with Gasteiger partial charge in [0.25, 0.3) is 0 Å². The van der Waals surface area contributed by atoms with Crippen LogP contribution in [0.2, 0.25) is 0 Å². The number of carbonyl (C=O) groups is 2. The molecule has 0 aliphatic carbocycles. The highest BCUT2D eigenvalue weighted by Gasteiger charge is 2.27. The van der Waals surface area contributed by atoms with E-state index in [1.807, 2.05) is 70.2 Å². The van der Waals surface area contributed by atoms with Crippen molar-refractivity contribution in [3.05, 3.63) is 58.1 Å². The number of aromatic nitrogens is 2. The lowest BCUT2D eigenvalue weighted by Gasteiger charge is -2.23. The monoisotopic (exact) mass is 515 g/mol. The molecule has 3 aromatic rings. The third-order valence-electron chi connectivity index (χ3n) is 5.29. The zero-order valence-corrected chi connectivity index (χ0v) is 20.8. The maximum Gasteiger partial charge on any atom is 0.319 e. The molecule has 0 unspecified atom stereocenters. The van der Waals surface area contributed by atoms with Crippen molar-refractivity contribution in [1.82, 2.24) is 15.5 Å². The topological polar surface area (TPSA) is 96.0 Å². The van der Waals surface area contributed by atoms with Gasteiger partial charge in [0.15, 0.2) is 0 Å². The summed E-state index contributed by atoms with van der Waals surface area (Å²) in [6.07, 6.45) is 0.724. The Morgan fingerprint density at radius 3 is 2.41 bits per heavy atom. The number of amides is 3. The second kappa shape index (κ2) is 10.7. The molecule has 0 aliphatic rings. The molecule has 0 bridgehead atoms. The standard InChI is InChI=1S/C23H26BrN5O2S/c1-5-13(2)19(26-22(31)25-18-11-6-14(3)15(4)12-18)20(30)27-23-29-28-21(32-23)16-7-9-17(24)10-8-16/h6-13,19H,5H2,1-4H3,(H2,25,26,31)(H,27,29,30)/t13-,19+/m0/s1. The van der Waals surface area contributed by atoms with E-state index in [0.29, 0.717) is 15.8 Å². The van der Waals surface area contributed by atoms with Gasteiger partial charge < -0.3 is 10.6 Å². The number of hydrogen-bond donors (Lipinski definition) is 3.